The fourth-order valence-electron chi connectivity index (χ4n) is 5.93. The molecule has 1 aliphatic heterocycles. The lowest BCUT2D eigenvalue weighted by Gasteiger charge is -2.33. The van der Waals surface area contributed by atoms with Gasteiger partial charge in [-0.25, -0.2) is 9.50 Å². The molecule has 7 nitrogen and oxygen atoms in total. The second-order valence-electron chi connectivity index (χ2n) is 11.3. The van der Waals surface area contributed by atoms with Crippen LogP contribution >= 0.6 is 0 Å². The number of nitrogens with one attached hydrogen (secondary N) is 1. The van der Waals surface area contributed by atoms with Gasteiger partial charge >= 0.3 is 0 Å². The van der Waals surface area contributed by atoms with Crippen molar-refractivity contribution in [2.24, 2.45) is 0 Å². The summed E-state index contributed by atoms with van der Waals surface area (Å²) in [6.45, 7) is 6.73. The van der Waals surface area contributed by atoms with Crippen LogP contribution in [0.3, 0.4) is 0 Å². The molecule has 7 heteroatoms. The van der Waals surface area contributed by atoms with E-state index in [1.807, 2.05) is 28.4 Å². The first-order valence-corrected chi connectivity index (χ1v) is 13.3. The van der Waals surface area contributed by atoms with E-state index in [0.29, 0.717) is 24.3 Å². The molecule has 4 aromatic rings. The van der Waals surface area contributed by atoms with Gasteiger partial charge < -0.3 is 14.8 Å². The van der Waals surface area contributed by atoms with E-state index in [1.54, 1.807) is 6.33 Å². The number of H-pyrrole nitrogens is 1. The van der Waals surface area contributed by atoms with Crippen LogP contribution in [-0.2, 0) is 4.79 Å². The van der Waals surface area contributed by atoms with Crippen LogP contribution in [0.2, 0.25) is 0 Å². The number of likely N-dealkylation sites (N-methyl/N-ethyl adjacent to an activating group) is 1. The van der Waals surface area contributed by atoms with Crippen molar-refractivity contribution >= 4 is 22.5 Å². The van der Waals surface area contributed by atoms with E-state index in [-0.39, 0.29) is 5.91 Å². The zero-order valence-corrected chi connectivity index (χ0v) is 21.8. The van der Waals surface area contributed by atoms with Crippen LogP contribution in [0.15, 0.2) is 36.8 Å². The van der Waals surface area contributed by atoms with Crippen LogP contribution in [0.5, 0.6) is 0 Å². The van der Waals surface area contributed by atoms with Crippen molar-refractivity contribution in [3.8, 4) is 11.3 Å². The van der Waals surface area contributed by atoms with Gasteiger partial charge in [0.2, 0.25) is 5.91 Å². The van der Waals surface area contributed by atoms with Crippen LogP contribution in [0, 0.1) is 0 Å². The van der Waals surface area contributed by atoms with Crippen molar-refractivity contribution in [3.63, 3.8) is 0 Å². The Kier molecular flexibility index (Phi) is 5.83. The van der Waals surface area contributed by atoms with E-state index >= 15 is 0 Å². The van der Waals surface area contributed by atoms with Crippen molar-refractivity contribution in [1.82, 2.24) is 29.4 Å². The highest BCUT2D eigenvalue weighted by Crippen LogP contribution is 2.44. The molecule has 36 heavy (non-hydrogen) atoms. The van der Waals surface area contributed by atoms with Gasteiger partial charge in [0.05, 0.1) is 12.2 Å². The van der Waals surface area contributed by atoms with Crippen molar-refractivity contribution in [1.29, 1.82) is 0 Å². The number of likely N-dealkylation sites (tertiary alicyclic amines) is 1. The van der Waals surface area contributed by atoms with Crippen LogP contribution < -0.4 is 0 Å². The van der Waals surface area contributed by atoms with Gasteiger partial charge in [-0.05, 0) is 86.9 Å². The second kappa shape index (κ2) is 9.04. The van der Waals surface area contributed by atoms with E-state index in [9.17, 15) is 4.79 Å². The Balaban J connectivity index is 1.33. The largest absolute Gasteiger partial charge is 0.354 e. The Labute approximate surface area is 212 Å². The quantitative estimate of drug-likeness (QED) is 0.411. The molecule has 1 saturated carbocycles. The van der Waals surface area contributed by atoms with Gasteiger partial charge in [0, 0.05) is 41.3 Å². The molecule has 1 amide bonds. The highest BCUT2D eigenvalue weighted by molar-refractivity contribution is 5.92. The summed E-state index contributed by atoms with van der Waals surface area (Å²) in [6.07, 6.45) is 8.29. The van der Waals surface area contributed by atoms with Crippen LogP contribution in [0.25, 0.3) is 27.8 Å². The molecule has 0 radical (unpaired) electrons. The molecular weight excluding hydrogens is 448 g/mol. The first-order chi connectivity index (χ1) is 17.4. The Hall–Kier alpha value is -3.19. The number of benzene rings is 1. The number of piperidine rings is 1. The van der Waals surface area contributed by atoms with Crippen LogP contribution in [0.1, 0.15) is 74.0 Å². The Morgan fingerprint density at radius 2 is 1.89 bits per heavy atom. The molecule has 4 heterocycles. The van der Waals surface area contributed by atoms with Gasteiger partial charge in [-0.1, -0.05) is 19.9 Å². The summed E-state index contributed by atoms with van der Waals surface area (Å²) in [5.41, 5.74) is 8.62. The number of nitrogens with zero attached hydrogens (tertiary/aromatic N) is 5. The second-order valence-corrected chi connectivity index (χ2v) is 11.3. The number of hydrogen-bond donors (Lipinski definition) is 1. The minimum absolute atomic E-state index is 0.237. The number of hydrogen-bond acceptors (Lipinski definition) is 4. The predicted octanol–water partition coefficient (Wildman–Crippen LogP) is 5.15. The number of aromatic amines is 1. The standard InChI is InChI=1S/C29H36N6O/c1-18(2)27-24-13-21(19-9-11-34(12-10-19)26(36)16-33(3)4)7-8-25(24)32-28(27)22-14-23(20-5-6-20)29-30-17-31-35(29)15-22/h7-8,13-15,17-20,32H,5-6,9-12,16H2,1-4H3. The first-order valence-electron chi connectivity index (χ1n) is 13.3. The lowest BCUT2D eigenvalue weighted by molar-refractivity contribution is -0.132. The maximum atomic E-state index is 12.5. The van der Waals surface area contributed by atoms with Crippen LogP contribution in [-0.4, -0.2) is 69.0 Å². The number of pyridine rings is 1. The molecule has 0 unspecified atom stereocenters. The lowest BCUT2D eigenvalue weighted by Crippen LogP contribution is -2.42. The molecule has 6 rings (SSSR count). The average molecular weight is 485 g/mol. The molecule has 3 aromatic heterocycles. The van der Waals surface area contributed by atoms with Gasteiger partial charge in [0.25, 0.3) is 0 Å². The van der Waals surface area contributed by atoms with Gasteiger partial charge in [-0.15, -0.1) is 0 Å². The molecule has 0 bridgehead atoms. The monoisotopic (exact) mass is 484 g/mol. The lowest BCUT2D eigenvalue weighted by atomic mass is 9.87. The van der Waals surface area contributed by atoms with Gasteiger partial charge in [0.1, 0.15) is 6.33 Å². The topological polar surface area (TPSA) is 69.5 Å². The highest BCUT2D eigenvalue weighted by atomic mass is 16.2. The number of fused-ring (bicyclic) bond motifs is 2. The van der Waals surface area contributed by atoms with E-state index in [4.69, 9.17) is 0 Å². The zero-order chi connectivity index (χ0) is 25.0. The normalized spacial score (nSPS) is 17.2. The molecule has 2 fully saturated rings. The van der Waals surface area contributed by atoms with Gasteiger partial charge in [-0.2, -0.15) is 5.10 Å². The summed E-state index contributed by atoms with van der Waals surface area (Å²) in [6, 6.07) is 9.27. The van der Waals surface area contributed by atoms with Crippen molar-refractivity contribution in [2.75, 3.05) is 33.7 Å². The molecule has 2 aliphatic rings. The van der Waals surface area contributed by atoms with Crippen molar-refractivity contribution in [2.45, 2.75) is 57.3 Å². The third-order valence-electron chi connectivity index (χ3n) is 7.92. The van der Waals surface area contributed by atoms with E-state index in [1.165, 1.54) is 51.7 Å². The van der Waals surface area contributed by atoms with Gasteiger partial charge in [-0.3, -0.25) is 4.79 Å². The maximum absolute atomic E-state index is 12.5. The summed E-state index contributed by atoms with van der Waals surface area (Å²) >= 11 is 0. The van der Waals surface area contributed by atoms with Crippen molar-refractivity contribution in [3.05, 3.63) is 53.5 Å². The Bertz CT molecular complexity index is 1420. The molecular formula is C29H36N6O. The number of rotatable bonds is 6. The fourth-order valence-corrected chi connectivity index (χ4v) is 5.93. The molecule has 1 aliphatic carbocycles. The zero-order valence-electron chi connectivity index (χ0n) is 21.8. The molecule has 1 N–H and O–H groups in total. The Morgan fingerprint density at radius 3 is 2.58 bits per heavy atom. The number of carbonyl (C=O) groups excluding carboxylic acids is 1. The number of aromatic nitrogens is 4. The summed E-state index contributed by atoms with van der Waals surface area (Å²) in [5, 5.41) is 5.79. The third kappa shape index (κ3) is 4.19. The van der Waals surface area contributed by atoms with Crippen LogP contribution in [0.4, 0.5) is 0 Å². The summed E-state index contributed by atoms with van der Waals surface area (Å²) in [7, 11) is 3.90. The number of amides is 1. The van der Waals surface area contributed by atoms with Crippen molar-refractivity contribution < 1.29 is 4.79 Å². The minimum atomic E-state index is 0.237. The summed E-state index contributed by atoms with van der Waals surface area (Å²) < 4.78 is 1.94. The van der Waals surface area contributed by atoms with E-state index in [2.05, 4.69) is 59.4 Å². The predicted molar refractivity (Wildman–Crippen MR) is 143 cm³/mol. The van der Waals surface area contributed by atoms with Gasteiger partial charge in [0.15, 0.2) is 5.65 Å². The fraction of sp³-hybridized carbons (Fsp3) is 0.483. The highest BCUT2D eigenvalue weighted by Gasteiger charge is 2.29. The SMILES string of the molecule is CC(C)c1c(-c2cc(C3CC3)c3ncnn3c2)[nH]c2ccc(C3CCN(C(=O)CN(C)C)CC3)cc12. The molecule has 0 spiro atoms. The van der Waals surface area contributed by atoms with E-state index in [0.717, 1.165) is 31.6 Å². The minimum Gasteiger partial charge on any atom is -0.354 e. The third-order valence-corrected chi connectivity index (χ3v) is 7.92. The summed E-state index contributed by atoms with van der Waals surface area (Å²) in [5.74, 6) is 1.71. The molecule has 188 valence electrons. The Morgan fingerprint density at radius 1 is 1.11 bits per heavy atom. The van der Waals surface area contributed by atoms with E-state index < -0.39 is 0 Å². The molecule has 1 saturated heterocycles. The summed E-state index contributed by atoms with van der Waals surface area (Å²) in [4.78, 5) is 24.7. The first kappa shape index (κ1) is 23.2. The number of carbonyl (C=O) groups is 1. The molecule has 1 aromatic carbocycles. The molecule has 0 atom stereocenters. The smallest absolute Gasteiger partial charge is 0.236 e. The maximum Gasteiger partial charge on any atom is 0.236 e. The average Bonchev–Trinajstić information content (AvgIpc) is 3.46.